The van der Waals surface area contributed by atoms with Crippen molar-refractivity contribution in [3.05, 3.63) is 59.2 Å². The Hall–Kier alpha value is -1.82. The van der Waals surface area contributed by atoms with Crippen molar-refractivity contribution in [1.82, 2.24) is 14.9 Å². The smallest absolute Gasteiger partial charge is 0.0892 e. The van der Waals surface area contributed by atoms with Crippen LogP contribution < -0.4 is 0 Å². The molecule has 0 radical (unpaired) electrons. The fraction of sp³-hybridized carbons (Fsp3) is 0.500. The molecule has 0 amide bonds. The average molecular weight is 339 g/mol. The lowest BCUT2D eigenvalue weighted by atomic mass is 9.96. The van der Waals surface area contributed by atoms with Gasteiger partial charge in [-0.3, -0.25) is 14.9 Å². The average Bonchev–Trinajstić information content (AvgIpc) is 3.16. The van der Waals surface area contributed by atoms with Gasteiger partial charge in [-0.25, -0.2) is 0 Å². The predicted molar refractivity (Wildman–Crippen MR) is 94.9 cm³/mol. The van der Waals surface area contributed by atoms with Gasteiger partial charge in [-0.1, -0.05) is 6.07 Å². The highest BCUT2D eigenvalue weighted by molar-refractivity contribution is 5.33. The Bertz CT molecular complexity index is 687. The fourth-order valence-corrected chi connectivity index (χ4v) is 3.75. The molecule has 0 aromatic carbocycles. The van der Waals surface area contributed by atoms with Crippen LogP contribution in [0.3, 0.4) is 0 Å². The van der Waals surface area contributed by atoms with Gasteiger partial charge in [0.25, 0.3) is 0 Å². The maximum atomic E-state index is 5.87. The molecule has 0 spiro atoms. The van der Waals surface area contributed by atoms with E-state index in [1.807, 2.05) is 30.6 Å². The minimum atomic E-state index is 0.540. The summed E-state index contributed by atoms with van der Waals surface area (Å²) < 4.78 is 11.4. The molecule has 0 saturated carbocycles. The summed E-state index contributed by atoms with van der Waals surface area (Å²) in [7, 11) is 0. The van der Waals surface area contributed by atoms with Crippen molar-refractivity contribution in [3.8, 4) is 0 Å². The van der Waals surface area contributed by atoms with Crippen LogP contribution in [-0.4, -0.2) is 41.2 Å². The molecule has 5 heteroatoms. The summed E-state index contributed by atoms with van der Waals surface area (Å²) >= 11 is 0. The SMILES string of the molecule is c1ccc(COCc2cncc3c2CCN(CC2CCOC2)C3)nc1. The van der Waals surface area contributed by atoms with E-state index in [0.29, 0.717) is 19.1 Å². The number of ether oxygens (including phenoxy) is 2. The summed E-state index contributed by atoms with van der Waals surface area (Å²) in [6.45, 7) is 6.23. The van der Waals surface area contributed by atoms with E-state index in [2.05, 4.69) is 14.9 Å². The molecule has 1 fully saturated rings. The van der Waals surface area contributed by atoms with Gasteiger partial charge in [-0.2, -0.15) is 0 Å². The van der Waals surface area contributed by atoms with E-state index in [1.54, 1.807) is 6.20 Å². The Balaban J connectivity index is 1.35. The van der Waals surface area contributed by atoms with E-state index < -0.39 is 0 Å². The molecular weight excluding hydrogens is 314 g/mol. The van der Waals surface area contributed by atoms with Crippen molar-refractivity contribution in [2.45, 2.75) is 32.6 Å². The van der Waals surface area contributed by atoms with Crippen molar-refractivity contribution >= 4 is 0 Å². The summed E-state index contributed by atoms with van der Waals surface area (Å²) in [5.74, 6) is 0.694. The molecule has 5 nitrogen and oxygen atoms in total. The summed E-state index contributed by atoms with van der Waals surface area (Å²) in [5.41, 5.74) is 4.96. The Labute approximate surface area is 149 Å². The standard InChI is InChI=1S/C20H25N3O2/c1-2-6-22-19(3-1)15-25-14-18-10-21-9-17-12-23(7-4-20(17)18)11-16-5-8-24-13-16/h1-3,6,9-10,16H,4-5,7-8,11-15H2. The monoisotopic (exact) mass is 339 g/mol. The summed E-state index contributed by atoms with van der Waals surface area (Å²) in [4.78, 5) is 11.3. The normalized spacial score (nSPS) is 20.6. The fourth-order valence-electron chi connectivity index (χ4n) is 3.75. The van der Waals surface area contributed by atoms with Crippen LogP contribution in [0.25, 0.3) is 0 Å². The molecule has 2 aromatic rings. The first-order valence-electron chi connectivity index (χ1n) is 9.11. The van der Waals surface area contributed by atoms with Crippen LogP contribution in [-0.2, 0) is 35.7 Å². The van der Waals surface area contributed by atoms with Gasteiger partial charge in [0.2, 0.25) is 0 Å². The molecule has 0 N–H and O–H groups in total. The summed E-state index contributed by atoms with van der Waals surface area (Å²) in [6, 6.07) is 5.90. The Morgan fingerprint density at radius 1 is 1.24 bits per heavy atom. The third kappa shape index (κ3) is 4.24. The van der Waals surface area contributed by atoms with Crippen molar-refractivity contribution in [1.29, 1.82) is 0 Å². The molecule has 0 bridgehead atoms. The first kappa shape index (κ1) is 16.6. The van der Waals surface area contributed by atoms with Crippen LogP contribution in [0.4, 0.5) is 0 Å². The highest BCUT2D eigenvalue weighted by Crippen LogP contribution is 2.24. The number of fused-ring (bicyclic) bond motifs is 1. The van der Waals surface area contributed by atoms with Crippen LogP contribution in [0.2, 0.25) is 0 Å². The number of hydrogen-bond acceptors (Lipinski definition) is 5. The van der Waals surface area contributed by atoms with E-state index in [-0.39, 0.29) is 0 Å². The lowest BCUT2D eigenvalue weighted by Gasteiger charge is -2.31. The highest BCUT2D eigenvalue weighted by Gasteiger charge is 2.23. The Morgan fingerprint density at radius 3 is 3.08 bits per heavy atom. The van der Waals surface area contributed by atoms with E-state index >= 15 is 0 Å². The molecule has 132 valence electrons. The van der Waals surface area contributed by atoms with Crippen molar-refractivity contribution in [2.75, 3.05) is 26.3 Å². The first-order chi connectivity index (χ1) is 12.4. The predicted octanol–water partition coefficient (Wildman–Crippen LogP) is 2.59. The minimum absolute atomic E-state index is 0.540. The molecule has 2 aliphatic rings. The number of nitrogens with zero attached hydrogens (tertiary/aromatic N) is 3. The second-order valence-corrected chi connectivity index (χ2v) is 6.96. The van der Waals surface area contributed by atoms with Gasteiger partial charge in [0, 0.05) is 44.8 Å². The van der Waals surface area contributed by atoms with Crippen LogP contribution >= 0.6 is 0 Å². The second kappa shape index (κ2) is 8.04. The zero-order chi connectivity index (χ0) is 16.9. The largest absolute Gasteiger partial charge is 0.381 e. The molecule has 2 aliphatic heterocycles. The second-order valence-electron chi connectivity index (χ2n) is 6.96. The third-order valence-electron chi connectivity index (χ3n) is 5.08. The van der Waals surface area contributed by atoms with Crippen LogP contribution in [0, 0.1) is 5.92 Å². The Kier molecular flexibility index (Phi) is 5.35. The van der Waals surface area contributed by atoms with Gasteiger partial charge in [-0.05, 0) is 47.6 Å². The number of hydrogen-bond donors (Lipinski definition) is 0. The van der Waals surface area contributed by atoms with Crippen LogP contribution in [0.15, 0.2) is 36.8 Å². The van der Waals surface area contributed by atoms with Gasteiger partial charge < -0.3 is 9.47 Å². The topological polar surface area (TPSA) is 47.5 Å². The molecule has 4 heterocycles. The molecule has 1 saturated heterocycles. The lowest BCUT2D eigenvalue weighted by Crippen LogP contribution is -2.35. The van der Waals surface area contributed by atoms with Crippen LogP contribution in [0.1, 0.15) is 28.8 Å². The molecule has 4 rings (SSSR count). The first-order valence-corrected chi connectivity index (χ1v) is 9.11. The van der Waals surface area contributed by atoms with Gasteiger partial charge >= 0.3 is 0 Å². The van der Waals surface area contributed by atoms with Gasteiger partial charge in [0.15, 0.2) is 0 Å². The number of aromatic nitrogens is 2. The van der Waals surface area contributed by atoms with Gasteiger partial charge in [-0.15, -0.1) is 0 Å². The third-order valence-corrected chi connectivity index (χ3v) is 5.08. The van der Waals surface area contributed by atoms with E-state index in [0.717, 1.165) is 45.0 Å². The molecule has 25 heavy (non-hydrogen) atoms. The van der Waals surface area contributed by atoms with E-state index in [1.165, 1.54) is 23.1 Å². The van der Waals surface area contributed by atoms with Crippen molar-refractivity contribution < 1.29 is 9.47 Å². The summed E-state index contributed by atoms with van der Waals surface area (Å²) in [6.07, 6.45) is 8.05. The zero-order valence-corrected chi connectivity index (χ0v) is 14.6. The lowest BCUT2D eigenvalue weighted by molar-refractivity contribution is 0.103. The molecule has 0 aliphatic carbocycles. The molecule has 2 aromatic heterocycles. The quantitative estimate of drug-likeness (QED) is 0.809. The minimum Gasteiger partial charge on any atom is -0.381 e. The Morgan fingerprint density at radius 2 is 2.24 bits per heavy atom. The number of rotatable bonds is 6. The maximum Gasteiger partial charge on any atom is 0.0892 e. The molecule has 1 unspecified atom stereocenters. The summed E-state index contributed by atoms with van der Waals surface area (Å²) in [5, 5.41) is 0. The zero-order valence-electron chi connectivity index (χ0n) is 14.6. The molecular formula is C20H25N3O2. The van der Waals surface area contributed by atoms with E-state index in [4.69, 9.17) is 9.47 Å². The highest BCUT2D eigenvalue weighted by atomic mass is 16.5. The van der Waals surface area contributed by atoms with Crippen LogP contribution in [0.5, 0.6) is 0 Å². The van der Waals surface area contributed by atoms with E-state index in [9.17, 15) is 0 Å². The van der Waals surface area contributed by atoms with Crippen molar-refractivity contribution in [2.24, 2.45) is 5.92 Å². The number of pyridine rings is 2. The molecule has 1 atom stereocenters. The van der Waals surface area contributed by atoms with Gasteiger partial charge in [0.05, 0.1) is 25.5 Å². The van der Waals surface area contributed by atoms with Crippen molar-refractivity contribution in [3.63, 3.8) is 0 Å². The van der Waals surface area contributed by atoms with Gasteiger partial charge in [0.1, 0.15) is 0 Å². The maximum absolute atomic E-state index is 5.87.